The molecular formula is C21H23N3O3. The molecule has 0 spiro atoms. The van der Waals surface area contributed by atoms with Crippen LogP contribution in [-0.4, -0.2) is 48.5 Å². The maximum atomic E-state index is 13.1. The summed E-state index contributed by atoms with van der Waals surface area (Å²) in [5.74, 6) is -0.186. The molecule has 6 nitrogen and oxygen atoms in total. The molecule has 0 aromatic heterocycles. The summed E-state index contributed by atoms with van der Waals surface area (Å²) >= 11 is 0. The van der Waals surface area contributed by atoms with Crippen molar-refractivity contribution >= 4 is 23.2 Å². The Bertz CT molecular complexity index is 875. The second-order valence-corrected chi connectivity index (χ2v) is 7.20. The van der Waals surface area contributed by atoms with Gasteiger partial charge < -0.3 is 19.9 Å². The van der Waals surface area contributed by atoms with Crippen molar-refractivity contribution in [3.8, 4) is 5.75 Å². The molecule has 2 amide bonds. The number of piperazine rings is 1. The van der Waals surface area contributed by atoms with E-state index in [9.17, 15) is 9.59 Å². The summed E-state index contributed by atoms with van der Waals surface area (Å²) in [6, 6.07) is 15.7. The topological polar surface area (TPSA) is 61.9 Å². The predicted octanol–water partition coefficient (Wildman–Crippen LogP) is 2.43. The number of benzene rings is 2. The quantitative estimate of drug-likeness (QED) is 0.831. The first-order valence-corrected chi connectivity index (χ1v) is 9.18. The van der Waals surface area contributed by atoms with Crippen LogP contribution in [0, 0.1) is 6.92 Å². The Labute approximate surface area is 158 Å². The Morgan fingerprint density at radius 1 is 1.07 bits per heavy atom. The summed E-state index contributed by atoms with van der Waals surface area (Å²) < 4.78 is 5.90. The van der Waals surface area contributed by atoms with Crippen molar-refractivity contribution in [2.45, 2.75) is 19.4 Å². The molecule has 1 saturated heterocycles. The van der Waals surface area contributed by atoms with Gasteiger partial charge in [-0.1, -0.05) is 24.3 Å². The number of nitrogens with zero attached hydrogens (tertiary/aromatic N) is 2. The first kappa shape index (κ1) is 17.4. The number of hydrogen-bond donors (Lipinski definition) is 1. The van der Waals surface area contributed by atoms with Crippen LogP contribution in [0.5, 0.6) is 5.75 Å². The third-order valence-electron chi connectivity index (χ3n) is 5.23. The van der Waals surface area contributed by atoms with Gasteiger partial charge in [-0.15, -0.1) is 0 Å². The first-order valence-electron chi connectivity index (χ1n) is 9.18. The fraction of sp³-hybridized carbons (Fsp3) is 0.333. The number of carbonyl (C=O) groups is 2. The van der Waals surface area contributed by atoms with Crippen LogP contribution >= 0.6 is 0 Å². The minimum absolute atomic E-state index is 0.293. The van der Waals surface area contributed by atoms with Crippen molar-refractivity contribution in [3.63, 3.8) is 0 Å². The van der Waals surface area contributed by atoms with E-state index in [-0.39, 0.29) is 5.91 Å². The van der Waals surface area contributed by atoms with Crippen molar-refractivity contribution in [1.29, 1.82) is 0 Å². The zero-order chi connectivity index (χ0) is 19.0. The molecule has 27 heavy (non-hydrogen) atoms. The van der Waals surface area contributed by atoms with Gasteiger partial charge in [0, 0.05) is 31.9 Å². The van der Waals surface area contributed by atoms with Crippen molar-refractivity contribution in [1.82, 2.24) is 4.90 Å². The first-order chi connectivity index (χ1) is 13.0. The molecule has 140 valence electrons. The molecule has 1 fully saturated rings. The lowest BCUT2D eigenvalue weighted by Crippen LogP contribution is -2.62. The number of carbonyl (C=O) groups excluding carboxylic acids is 2. The van der Waals surface area contributed by atoms with Gasteiger partial charge in [-0.05, 0) is 43.7 Å². The maximum absolute atomic E-state index is 13.1. The Morgan fingerprint density at radius 2 is 1.78 bits per heavy atom. The number of rotatable bonds is 2. The normalized spacial score (nSPS) is 21.9. The zero-order valence-electron chi connectivity index (χ0n) is 15.6. The van der Waals surface area contributed by atoms with Gasteiger partial charge in [0.05, 0.1) is 5.69 Å². The number of ether oxygens (including phenoxy) is 1. The van der Waals surface area contributed by atoms with Gasteiger partial charge in [-0.2, -0.15) is 0 Å². The van der Waals surface area contributed by atoms with Crippen molar-refractivity contribution in [2.24, 2.45) is 0 Å². The second-order valence-electron chi connectivity index (χ2n) is 7.20. The highest BCUT2D eigenvalue weighted by Gasteiger charge is 2.49. The molecule has 2 aliphatic rings. The Kier molecular flexibility index (Phi) is 4.26. The molecule has 0 radical (unpaired) electrons. The number of para-hydroxylation sites is 1. The summed E-state index contributed by atoms with van der Waals surface area (Å²) in [4.78, 5) is 29.8. The summed E-state index contributed by atoms with van der Waals surface area (Å²) in [6.07, 6.45) is 0. The van der Waals surface area contributed by atoms with Crippen LogP contribution in [0.15, 0.2) is 48.5 Å². The highest BCUT2D eigenvalue weighted by molar-refractivity contribution is 6.15. The third-order valence-corrected chi connectivity index (χ3v) is 5.23. The number of aryl methyl sites for hydroxylation is 1. The van der Waals surface area contributed by atoms with Crippen LogP contribution in [0.3, 0.4) is 0 Å². The molecule has 4 rings (SSSR count). The minimum Gasteiger partial charge on any atom is -0.466 e. The molecular weight excluding hydrogens is 342 g/mol. The molecule has 1 N–H and O–H groups in total. The van der Waals surface area contributed by atoms with Gasteiger partial charge >= 0.3 is 0 Å². The average Bonchev–Trinajstić information content (AvgIpc) is 2.69. The molecule has 0 aliphatic carbocycles. The van der Waals surface area contributed by atoms with Crippen LogP contribution in [0.4, 0.5) is 11.4 Å². The van der Waals surface area contributed by atoms with Crippen LogP contribution < -0.4 is 15.0 Å². The molecule has 2 aromatic rings. The van der Waals surface area contributed by atoms with Crippen LogP contribution in [-0.2, 0) is 9.59 Å². The fourth-order valence-electron chi connectivity index (χ4n) is 3.59. The molecule has 1 atom stereocenters. The Balaban J connectivity index is 1.48. The van der Waals surface area contributed by atoms with E-state index in [1.807, 2.05) is 37.3 Å². The minimum atomic E-state index is -1.54. The van der Waals surface area contributed by atoms with Gasteiger partial charge in [0.1, 0.15) is 5.75 Å². The molecule has 2 heterocycles. The van der Waals surface area contributed by atoms with Crippen LogP contribution in [0.2, 0.25) is 0 Å². The van der Waals surface area contributed by atoms with Crippen molar-refractivity contribution in [3.05, 3.63) is 54.1 Å². The van der Waals surface area contributed by atoms with E-state index in [4.69, 9.17) is 4.74 Å². The summed E-state index contributed by atoms with van der Waals surface area (Å²) in [6.45, 7) is 6.06. The average molecular weight is 365 g/mol. The van der Waals surface area contributed by atoms with Crippen molar-refractivity contribution in [2.75, 3.05) is 36.4 Å². The van der Waals surface area contributed by atoms with Crippen LogP contribution in [0.1, 0.15) is 12.5 Å². The zero-order valence-corrected chi connectivity index (χ0v) is 15.6. The highest BCUT2D eigenvalue weighted by Crippen LogP contribution is 2.35. The Morgan fingerprint density at radius 3 is 2.48 bits per heavy atom. The molecule has 1 unspecified atom stereocenters. The van der Waals surface area contributed by atoms with Gasteiger partial charge in [0.15, 0.2) is 0 Å². The largest absolute Gasteiger partial charge is 0.466 e. The number of hydrogen-bond acceptors (Lipinski definition) is 4. The predicted molar refractivity (Wildman–Crippen MR) is 104 cm³/mol. The lowest BCUT2D eigenvalue weighted by Gasteiger charge is -2.41. The molecule has 2 aliphatic heterocycles. The lowest BCUT2D eigenvalue weighted by atomic mass is 9.99. The maximum Gasteiger partial charge on any atom is 0.278 e. The number of amides is 2. The SMILES string of the molecule is Cc1ccc2c(c1)NC(=O)C(C)(C(=O)N1CCN(c3ccccc3)CC1)O2. The standard InChI is InChI=1S/C21H23N3O3/c1-15-8-9-18-17(14-15)22-19(25)21(2,27-18)20(26)24-12-10-23(11-13-24)16-6-4-3-5-7-16/h3-9,14H,10-13H2,1-2H3,(H,22,25). The second kappa shape index (κ2) is 6.61. The highest BCUT2D eigenvalue weighted by atomic mass is 16.5. The van der Waals surface area contributed by atoms with Gasteiger partial charge in [0.25, 0.3) is 17.4 Å². The van der Waals surface area contributed by atoms with E-state index in [1.165, 1.54) is 0 Å². The number of fused-ring (bicyclic) bond motifs is 1. The third kappa shape index (κ3) is 3.12. The van der Waals surface area contributed by atoms with E-state index in [0.29, 0.717) is 24.5 Å². The molecule has 6 heteroatoms. The summed E-state index contributed by atoms with van der Waals surface area (Å²) in [5, 5.41) is 2.82. The van der Waals surface area contributed by atoms with Gasteiger partial charge in [-0.3, -0.25) is 9.59 Å². The lowest BCUT2D eigenvalue weighted by molar-refractivity contribution is -0.154. The Hall–Kier alpha value is -3.02. The molecule has 0 bridgehead atoms. The van der Waals surface area contributed by atoms with Crippen molar-refractivity contribution < 1.29 is 14.3 Å². The fourth-order valence-corrected chi connectivity index (χ4v) is 3.59. The summed E-state index contributed by atoms with van der Waals surface area (Å²) in [5.41, 5.74) is 1.23. The molecule has 2 aromatic carbocycles. The number of anilines is 2. The smallest absolute Gasteiger partial charge is 0.278 e. The van der Waals surface area contributed by atoms with E-state index < -0.39 is 11.5 Å². The van der Waals surface area contributed by atoms with E-state index >= 15 is 0 Å². The number of nitrogens with one attached hydrogen (secondary N) is 1. The summed E-state index contributed by atoms with van der Waals surface area (Å²) in [7, 11) is 0. The molecule has 0 saturated carbocycles. The van der Waals surface area contributed by atoms with Gasteiger partial charge in [0.2, 0.25) is 0 Å². The van der Waals surface area contributed by atoms with E-state index in [1.54, 1.807) is 17.9 Å². The van der Waals surface area contributed by atoms with E-state index in [2.05, 4.69) is 22.3 Å². The van der Waals surface area contributed by atoms with Crippen LogP contribution in [0.25, 0.3) is 0 Å². The van der Waals surface area contributed by atoms with Gasteiger partial charge in [-0.25, -0.2) is 0 Å². The monoisotopic (exact) mass is 365 g/mol. The van der Waals surface area contributed by atoms with E-state index in [0.717, 1.165) is 24.3 Å².